The topological polar surface area (TPSA) is 82.6 Å². The molecular weight excluding hydrogens is 416 g/mol. The number of carbonyl (C=O) groups excluding carboxylic acids is 1. The molecule has 1 fully saturated rings. The van der Waals surface area contributed by atoms with Crippen LogP contribution in [0.3, 0.4) is 0 Å². The van der Waals surface area contributed by atoms with Crippen LogP contribution in [-0.4, -0.2) is 72.6 Å². The summed E-state index contributed by atoms with van der Waals surface area (Å²) in [5.41, 5.74) is 3.21. The zero-order valence-electron chi connectivity index (χ0n) is 19.2. The number of anilines is 3. The molecule has 2 heterocycles. The van der Waals surface area contributed by atoms with E-state index in [1.807, 2.05) is 36.4 Å². The van der Waals surface area contributed by atoms with Crippen molar-refractivity contribution in [1.29, 1.82) is 0 Å². The SMILES string of the molecule is C=Cc1cccc(Nc2ncnc3cc(OC)c(NC(=O)CN4CCCN(C)CC4)cc23)c1. The van der Waals surface area contributed by atoms with Gasteiger partial charge < -0.3 is 20.3 Å². The standard InChI is InChI=1S/C25H30N6O2/c1-4-18-7-5-8-19(13-18)28-25-20-14-22(23(33-3)15-21(20)26-17-27-25)29-24(32)16-31-10-6-9-30(2)11-12-31/h4-5,7-8,13-15,17H,1,6,9-12,16H2,2-3H3,(H,29,32)(H,26,27,28). The Morgan fingerprint density at radius 2 is 2.06 bits per heavy atom. The zero-order valence-corrected chi connectivity index (χ0v) is 19.2. The second-order valence-corrected chi connectivity index (χ2v) is 8.23. The molecule has 0 unspecified atom stereocenters. The Labute approximate surface area is 194 Å². The van der Waals surface area contributed by atoms with Crippen LogP contribution in [0.4, 0.5) is 17.2 Å². The van der Waals surface area contributed by atoms with Crippen LogP contribution >= 0.6 is 0 Å². The zero-order chi connectivity index (χ0) is 23.2. The molecule has 1 aromatic heterocycles. The average Bonchev–Trinajstić information content (AvgIpc) is 3.03. The molecule has 4 rings (SSSR count). The first-order valence-electron chi connectivity index (χ1n) is 11.1. The van der Waals surface area contributed by atoms with Crippen LogP contribution in [0.1, 0.15) is 12.0 Å². The number of nitrogens with zero attached hydrogens (tertiary/aromatic N) is 4. The average molecular weight is 447 g/mol. The number of carbonyl (C=O) groups is 1. The molecule has 0 bridgehead atoms. The number of methoxy groups -OCH3 is 1. The number of hydrogen-bond acceptors (Lipinski definition) is 7. The number of amides is 1. The number of ether oxygens (including phenoxy) is 1. The molecule has 3 aromatic rings. The summed E-state index contributed by atoms with van der Waals surface area (Å²) in [4.78, 5) is 26.1. The summed E-state index contributed by atoms with van der Waals surface area (Å²) in [5, 5.41) is 7.16. The lowest BCUT2D eigenvalue weighted by molar-refractivity contribution is -0.117. The van der Waals surface area contributed by atoms with E-state index >= 15 is 0 Å². The molecule has 33 heavy (non-hydrogen) atoms. The summed E-state index contributed by atoms with van der Waals surface area (Å²) in [7, 11) is 3.70. The van der Waals surface area contributed by atoms with Gasteiger partial charge in [0, 0.05) is 30.2 Å². The van der Waals surface area contributed by atoms with E-state index in [9.17, 15) is 4.79 Å². The van der Waals surface area contributed by atoms with Crippen LogP contribution < -0.4 is 15.4 Å². The van der Waals surface area contributed by atoms with Gasteiger partial charge in [-0.1, -0.05) is 24.8 Å². The maximum absolute atomic E-state index is 12.8. The third-order valence-electron chi connectivity index (χ3n) is 5.80. The van der Waals surface area contributed by atoms with Crippen molar-refractivity contribution in [2.45, 2.75) is 6.42 Å². The van der Waals surface area contributed by atoms with E-state index < -0.39 is 0 Å². The molecule has 0 radical (unpaired) electrons. The number of likely N-dealkylation sites (N-methyl/N-ethyl adjacent to an activating group) is 1. The van der Waals surface area contributed by atoms with Gasteiger partial charge in [-0.3, -0.25) is 9.69 Å². The van der Waals surface area contributed by atoms with Gasteiger partial charge in [-0.05, 0) is 50.3 Å². The summed E-state index contributed by atoms with van der Waals surface area (Å²) < 4.78 is 5.54. The Bertz CT molecular complexity index is 1150. The molecule has 172 valence electrons. The fourth-order valence-electron chi connectivity index (χ4n) is 3.98. The summed E-state index contributed by atoms with van der Waals surface area (Å²) in [6, 6.07) is 11.6. The molecule has 1 aliphatic rings. The van der Waals surface area contributed by atoms with E-state index in [1.165, 1.54) is 6.33 Å². The normalized spacial score (nSPS) is 15.1. The lowest BCUT2D eigenvalue weighted by atomic mass is 10.1. The minimum Gasteiger partial charge on any atom is -0.494 e. The highest BCUT2D eigenvalue weighted by atomic mass is 16.5. The van der Waals surface area contributed by atoms with E-state index in [0.717, 1.165) is 54.8 Å². The highest BCUT2D eigenvalue weighted by Gasteiger charge is 2.17. The highest BCUT2D eigenvalue weighted by molar-refractivity contribution is 6.00. The van der Waals surface area contributed by atoms with Crippen LogP contribution in [0.2, 0.25) is 0 Å². The molecule has 2 N–H and O–H groups in total. The van der Waals surface area contributed by atoms with E-state index in [-0.39, 0.29) is 5.91 Å². The van der Waals surface area contributed by atoms with E-state index in [0.29, 0.717) is 23.8 Å². The van der Waals surface area contributed by atoms with Crippen molar-refractivity contribution in [2.24, 2.45) is 0 Å². The number of nitrogens with one attached hydrogen (secondary N) is 2. The Kier molecular flexibility index (Phi) is 7.16. The smallest absolute Gasteiger partial charge is 0.238 e. The fraction of sp³-hybridized carbons (Fsp3) is 0.320. The van der Waals surface area contributed by atoms with Crippen LogP contribution in [-0.2, 0) is 4.79 Å². The first-order valence-corrected chi connectivity index (χ1v) is 11.1. The molecule has 0 saturated carbocycles. The Hall–Kier alpha value is -3.49. The van der Waals surface area contributed by atoms with Gasteiger partial charge in [0.2, 0.25) is 5.91 Å². The van der Waals surface area contributed by atoms with Crippen molar-refractivity contribution in [3.63, 3.8) is 0 Å². The predicted octanol–water partition coefficient (Wildman–Crippen LogP) is 3.60. The molecule has 1 aliphatic heterocycles. The van der Waals surface area contributed by atoms with Crippen LogP contribution in [0, 0.1) is 0 Å². The molecule has 1 amide bonds. The summed E-state index contributed by atoms with van der Waals surface area (Å²) in [6.45, 7) is 7.99. The number of hydrogen-bond donors (Lipinski definition) is 2. The van der Waals surface area contributed by atoms with Crippen LogP contribution in [0.15, 0.2) is 49.3 Å². The summed E-state index contributed by atoms with van der Waals surface area (Å²) in [6.07, 6.45) is 4.36. The lowest BCUT2D eigenvalue weighted by Gasteiger charge is -2.20. The molecule has 8 nitrogen and oxygen atoms in total. The molecule has 1 saturated heterocycles. The number of rotatable bonds is 7. The highest BCUT2D eigenvalue weighted by Crippen LogP contribution is 2.33. The van der Waals surface area contributed by atoms with Gasteiger partial charge in [0.25, 0.3) is 0 Å². The molecular formula is C25H30N6O2. The molecule has 2 aromatic carbocycles. The Morgan fingerprint density at radius 3 is 2.88 bits per heavy atom. The first kappa shape index (κ1) is 22.7. The van der Waals surface area contributed by atoms with Gasteiger partial charge in [0.15, 0.2) is 0 Å². The summed E-state index contributed by atoms with van der Waals surface area (Å²) >= 11 is 0. The second kappa shape index (κ2) is 10.4. The third-order valence-corrected chi connectivity index (χ3v) is 5.80. The van der Waals surface area contributed by atoms with Gasteiger partial charge in [-0.25, -0.2) is 9.97 Å². The number of aromatic nitrogens is 2. The van der Waals surface area contributed by atoms with Gasteiger partial charge in [-0.2, -0.15) is 0 Å². The first-order chi connectivity index (χ1) is 16.1. The molecule has 0 spiro atoms. The quantitative estimate of drug-likeness (QED) is 0.574. The number of benzene rings is 2. The van der Waals surface area contributed by atoms with Crippen molar-refractivity contribution in [2.75, 3.05) is 57.5 Å². The van der Waals surface area contributed by atoms with Gasteiger partial charge in [0.1, 0.15) is 17.9 Å². The van der Waals surface area contributed by atoms with E-state index in [2.05, 4.69) is 44.0 Å². The van der Waals surface area contributed by atoms with Crippen LogP contribution in [0.25, 0.3) is 17.0 Å². The van der Waals surface area contributed by atoms with Crippen molar-refractivity contribution >= 4 is 40.1 Å². The molecule has 0 aliphatic carbocycles. The van der Waals surface area contributed by atoms with E-state index in [1.54, 1.807) is 13.2 Å². The molecule has 8 heteroatoms. The third kappa shape index (κ3) is 5.66. The maximum Gasteiger partial charge on any atom is 0.238 e. The number of fused-ring (bicyclic) bond motifs is 1. The lowest BCUT2D eigenvalue weighted by Crippen LogP contribution is -2.35. The minimum absolute atomic E-state index is 0.0674. The Balaban J connectivity index is 1.57. The second-order valence-electron chi connectivity index (χ2n) is 8.23. The summed E-state index contributed by atoms with van der Waals surface area (Å²) in [5.74, 6) is 1.14. The van der Waals surface area contributed by atoms with Crippen molar-refractivity contribution in [3.05, 3.63) is 54.9 Å². The van der Waals surface area contributed by atoms with Crippen molar-refractivity contribution in [1.82, 2.24) is 19.8 Å². The molecule has 0 atom stereocenters. The van der Waals surface area contributed by atoms with Crippen molar-refractivity contribution < 1.29 is 9.53 Å². The predicted molar refractivity (Wildman–Crippen MR) is 133 cm³/mol. The van der Waals surface area contributed by atoms with Crippen molar-refractivity contribution in [3.8, 4) is 5.75 Å². The van der Waals surface area contributed by atoms with Gasteiger partial charge in [0.05, 0.1) is 24.9 Å². The fourth-order valence-corrected chi connectivity index (χ4v) is 3.98. The largest absolute Gasteiger partial charge is 0.494 e. The van der Waals surface area contributed by atoms with Gasteiger partial charge >= 0.3 is 0 Å². The van der Waals surface area contributed by atoms with Crippen LogP contribution in [0.5, 0.6) is 5.75 Å². The minimum atomic E-state index is -0.0674. The monoisotopic (exact) mass is 446 g/mol. The maximum atomic E-state index is 12.8. The van der Waals surface area contributed by atoms with Gasteiger partial charge in [-0.15, -0.1) is 0 Å². The van der Waals surface area contributed by atoms with E-state index in [4.69, 9.17) is 4.74 Å². The Morgan fingerprint density at radius 1 is 1.18 bits per heavy atom.